The van der Waals surface area contributed by atoms with Gasteiger partial charge in [-0.3, -0.25) is 14.4 Å². The number of carbonyl (C=O) groups is 3. The van der Waals surface area contributed by atoms with Crippen LogP contribution >= 0.6 is 11.8 Å². The number of carbonyl (C=O) groups excluding carboxylic acids is 3. The molecule has 2 unspecified atom stereocenters. The highest BCUT2D eigenvalue weighted by Gasteiger charge is 2.78. The number of ether oxygens (including phenoxy) is 1. The van der Waals surface area contributed by atoms with Crippen LogP contribution in [0.15, 0.2) is 18.2 Å². The zero-order valence-electron chi connectivity index (χ0n) is 21.6. The van der Waals surface area contributed by atoms with Crippen LogP contribution < -0.4 is 5.32 Å². The van der Waals surface area contributed by atoms with Crippen LogP contribution in [-0.2, 0) is 19.1 Å². The average molecular weight is 503 g/mol. The first kappa shape index (κ1) is 26.0. The van der Waals surface area contributed by atoms with Crippen molar-refractivity contribution in [3.63, 3.8) is 0 Å². The Bertz CT molecular complexity index is 1030. The Morgan fingerprint density at radius 3 is 2.63 bits per heavy atom. The summed E-state index contributed by atoms with van der Waals surface area (Å²) >= 11 is 1.62. The van der Waals surface area contributed by atoms with Gasteiger partial charge in [-0.25, -0.2) is 0 Å². The van der Waals surface area contributed by atoms with Crippen molar-refractivity contribution in [1.82, 2.24) is 4.90 Å². The molecule has 192 valence electrons. The fourth-order valence-electron chi connectivity index (χ4n) is 6.50. The number of rotatable bonds is 8. The van der Waals surface area contributed by atoms with Gasteiger partial charge in [0, 0.05) is 10.4 Å². The SMILES string of the molecule is CCOC(=O)[C@H]1[C@H]2C(=O)N([C@@H](CO)[C@@H](C)CC)C(C(=O)Nc3cc(C)ccc3C)C23CC[C@]1(C)S3. The van der Waals surface area contributed by atoms with Crippen LogP contribution in [-0.4, -0.2) is 62.6 Å². The normalized spacial score (nSPS) is 32.9. The average Bonchev–Trinajstić information content (AvgIpc) is 3.38. The van der Waals surface area contributed by atoms with Crippen LogP contribution in [0.4, 0.5) is 5.69 Å². The molecule has 3 aliphatic rings. The van der Waals surface area contributed by atoms with Gasteiger partial charge in [0.2, 0.25) is 11.8 Å². The Morgan fingerprint density at radius 1 is 1.29 bits per heavy atom. The van der Waals surface area contributed by atoms with E-state index >= 15 is 0 Å². The molecule has 3 saturated heterocycles. The van der Waals surface area contributed by atoms with Gasteiger partial charge in [-0.1, -0.05) is 32.4 Å². The first-order valence-corrected chi connectivity index (χ1v) is 13.5. The lowest BCUT2D eigenvalue weighted by Crippen LogP contribution is -2.56. The third-order valence-corrected chi connectivity index (χ3v) is 10.5. The lowest BCUT2D eigenvalue weighted by molar-refractivity contribution is -0.155. The lowest BCUT2D eigenvalue weighted by atomic mass is 9.66. The molecule has 7 nitrogen and oxygen atoms in total. The number of anilines is 1. The largest absolute Gasteiger partial charge is 0.466 e. The number of thioether (sulfide) groups is 1. The molecular formula is C27H38N2O5S. The summed E-state index contributed by atoms with van der Waals surface area (Å²) in [5.41, 5.74) is 2.69. The monoisotopic (exact) mass is 502 g/mol. The number of nitrogens with zero attached hydrogens (tertiary/aromatic N) is 1. The van der Waals surface area contributed by atoms with Gasteiger partial charge < -0.3 is 20.1 Å². The second-order valence-electron chi connectivity index (χ2n) is 10.7. The van der Waals surface area contributed by atoms with Crippen LogP contribution in [0.3, 0.4) is 0 Å². The van der Waals surface area contributed by atoms with Gasteiger partial charge >= 0.3 is 5.97 Å². The van der Waals surface area contributed by atoms with E-state index < -0.39 is 33.4 Å². The maximum Gasteiger partial charge on any atom is 0.311 e. The van der Waals surface area contributed by atoms with Crippen molar-refractivity contribution < 1.29 is 24.2 Å². The van der Waals surface area contributed by atoms with Gasteiger partial charge in [0.25, 0.3) is 0 Å². The topological polar surface area (TPSA) is 95.9 Å². The molecule has 0 radical (unpaired) electrons. The Labute approximate surface area is 212 Å². The number of esters is 1. The first-order valence-electron chi connectivity index (χ1n) is 12.7. The molecule has 3 aliphatic heterocycles. The number of aliphatic hydroxyl groups excluding tert-OH is 1. The molecule has 2 amide bonds. The smallest absolute Gasteiger partial charge is 0.311 e. The van der Waals surface area contributed by atoms with Crippen molar-refractivity contribution >= 4 is 35.2 Å². The molecular weight excluding hydrogens is 464 g/mol. The molecule has 0 saturated carbocycles. The van der Waals surface area contributed by atoms with Crippen LogP contribution in [0, 0.1) is 31.6 Å². The number of benzene rings is 1. The van der Waals surface area contributed by atoms with Gasteiger partial charge in [-0.2, -0.15) is 0 Å². The number of aliphatic hydroxyl groups is 1. The van der Waals surface area contributed by atoms with E-state index in [0.717, 1.165) is 29.7 Å². The summed E-state index contributed by atoms with van der Waals surface area (Å²) in [6.07, 6.45) is 2.16. The summed E-state index contributed by atoms with van der Waals surface area (Å²) in [5.74, 6) is -2.07. The van der Waals surface area contributed by atoms with Crippen LogP contribution in [0.1, 0.15) is 58.1 Å². The molecule has 0 aromatic heterocycles. The minimum atomic E-state index is -0.780. The first-order chi connectivity index (χ1) is 16.5. The third kappa shape index (κ3) is 3.97. The van der Waals surface area contributed by atoms with E-state index in [0.29, 0.717) is 6.42 Å². The van der Waals surface area contributed by atoms with Gasteiger partial charge in [0.15, 0.2) is 0 Å². The predicted octanol–water partition coefficient (Wildman–Crippen LogP) is 3.69. The van der Waals surface area contributed by atoms with Crippen molar-refractivity contribution in [2.24, 2.45) is 17.8 Å². The minimum absolute atomic E-state index is 0.00554. The summed E-state index contributed by atoms with van der Waals surface area (Å²) in [4.78, 5) is 43.0. The highest BCUT2D eigenvalue weighted by molar-refractivity contribution is 8.02. The van der Waals surface area contributed by atoms with E-state index in [1.54, 1.807) is 23.6 Å². The van der Waals surface area contributed by atoms with Crippen LogP contribution in [0.25, 0.3) is 0 Å². The number of aryl methyl sites for hydroxylation is 2. The Morgan fingerprint density at radius 2 is 2.00 bits per heavy atom. The Hall–Kier alpha value is -2.06. The van der Waals surface area contributed by atoms with Crippen molar-refractivity contribution in [2.75, 3.05) is 18.5 Å². The summed E-state index contributed by atoms with van der Waals surface area (Å²) in [7, 11) is 0. The van der Waals surface area contributed by atoms with Gasteiger partial charge in [0.05, 0.1) is 35.8 Å². The van der Waals surface area contributed by atoms with E-state index in [4.69, 9.17) is 4.74 Å². The second kappa shape index (κ2) is 9.43. The number of amides is 2. The van der Waals surface area contributed by atoms with E-state index in [1.165, 1.54) is 0 Å². The van der Waals surface area contributed by atoms with E-state index in [1.807, 2.05) is 52.8 Å². The standard InChI is InChI=1S/C27H38N2O5S/c1-7-16(4)19(14-30)29-22(23(31)28-18-13-15(3)9-10-17(18)5)27-12-11-26(6,35-27)21(20(27)24(29)32)25(33)34-8-2/h9-10,13,16,19-22,30H,7-8,11-12,14H2,1-6H3,(H,28,31)/t16-,19-,20-,21+,22?,26-,27?/m0/s1. The van der Waals surface area contributed by atoms with Crippen LogP contribution in [0.5, 0.6) is 0 Å². The highest BCUT2D eigenvalue weighted by Crippen LogP contribution is 2.71. The van der Waals surface area contributed by atoms with E-state index in [9.17, 15) is 19.5 Å². The van der Waals surface area contributed by atoms with Crippen molar-refractivity contribution in [1.29, 1.82) is 0 Å². The maximum atomic E-state index is 14.2. The number of fused-ring (bicyclic) bond motifs is 1. The summed E-state index contributed by atoms with van der Waals surface area (Å²) in [6.45, 7) is 11.7. The van der Waals surface area contributed by atoms with Crippen molar-refractivity contribution in [3.05, 3.63) is 29.3 Å². The molecule has 3 fully saturated rings. The van der Waals surface area contributed by atoms with Crippen LogP contribution in [0.2, 0.25) is 0 Å². The summed E-state index contributed by atoms with van der Waals surface area (Å²) in [5, 5.41) is 13.5. The number of hydrogen-bond acceptors (Lipinski definition) is 6. The molecule has 3 heterocycles. The molecule has 4 rings (SSSR count). The van der Waals surface area contributed by atoms with Crippen molar-refractivity contribution in [3.8, 4) is 0 Å². The molecule has 7 atom stereocenters. The zero-order valence-corrected chi connectivity index (χ0v) is 22.4. The molecule has 1 spiro atoms. The lowest BCUT2D eigenvalue weighted by Gasteiger charge is -2.39. The maximum absolute atomic E-state index is 14.2. The van der Waals surface area contributed by atoms with Crippen molar-refractivity contribution in [2.45, 2.75) is 82.4 Å². The molecule has 1 aromatic carbocycles. The van der Waals surface area contributed by atoms with E-state index in [2.05, 4.69) is 5.32 Å². The van der Waals surface area contributed by atoms with Gasteiger partial charge in [0.1, 0.15) is 6.04 Å². The fraction of sp³-hybridized carbons (Fsp3) is 0.667. The quantitative estimate of drug-likeness (QED) is 0.527. The zero-order chi connectivity index (χ0) is 25.7. The molecule has 0 aliphatic carbocycles. The molecule has 2 bridgehead atoms. The summed E-state index contributed by atoms with van der Waals surface area (Å²) < 4.78 is 4.25. The molecule has 35 heavy (non-hydrogen) atoms. The predicted molar refractivity (Wildman–Crippen MR) is 137 cm³/mol. The van der Waals surface area contributed by atoms with Gasteiger partial charge in [-0.15, -0.1) is 11.8 Å². The fourth-order valence-corrected chi connectivity index (χ4v) is 8.83. The van der Waals surface area contributed by atoms with E-state index in [-0.39, 0.29) is 36.9 Å². The van der Waals surface area contributed by atoms with Gasteiger partial charge in [-0.05, 0) is 63.6 Å². The molecule has 2 N–H and O–H groups in total. The molecule has 8 heteroatoms. The molecule has 1 aromatic rings. The number of hydrogen-bond donors (Lipinski definition) is 2. The Kier molecular flexibility index (Phi) is 7.01. The minimum Gasteiger partial charge on any atom is -0.466 e. The number of likely N-dealkylation sites (tertiary alicyclic amines) is 1. The summed E-state index contributed by atoms with van der Waals surface area (Å²) in [6, 6.07) is 4.61. The Balaban J connectivity index is 1.81. The highest BCUT2D eigenvalue weighted by atomic mass is 32.2. The third-order valence-electron chi connectivity index (χ3n) is 8.50. The second-order valence-corrected chi connectivity index (χ2v) is 12.6. The number of nitrogens with one attached hydrogen (secondary N) is 1.